The number of carbonyl (C=O) groups is 1. The fourth-order valence-electron chi connectivity index (χ4n) is 2.77. The van der Waals surface area contributed by atoms with E-state index in [4.69, 9.17) is 10.5 Å². The quantitative estimate of drug-likeness (QED) is 0.818. The number of pyridine rings is 1. The predicted molar refractivity (Wildman–Crippen MR) is 106 cm³/mol. The summed E-state index contributed by atoms with van der Waals surface area (Å²) in [6.07, 6.45) is 3.30. The molecule has 1 atom stereocenters. The number of fused-ring (bicyclic) bond motifs is 1. The second kappa shape index (κ2) is 7.67. The van der Waals surface area contributed by atoms with Crippen LogP contribution in [0.5, 0.6) is 5.75 Å². The Bertz CT molecular complexity index is 971. The zero-order valence-corrected chi connectivity index (χ0v) is 15.5. The van der Waals surface area contributed by atoms with E-state index in [1.807, 2.05) is 23.6 Å². The van der Waals surface area contributed by atoms with E-state index in [-0.39, 0.29) is 12.0 Å². The Kier molecular flexibility index (Phi) is 5.33. The van der Waals surface area contributed by atoms with E-state index in [9.17, 15) is 10.1 Å². The second-order valence-corrected chi connectivity index (χ2v) is 7.78. The maximum Gasteiger partial charge on any atom is 0.258 e. The van der Waals surface area contributed by atoms with Gasteiger partial charge in [0.1, 0.15) is 17.4 Å². The number of benzene rings is 1. The van der Waals surface area contributed by atoms with E-state index in [0.29, 0.717) is 22.2 Å². The van der Waals surface area contributed by atoms with Crippen molar-refractivity contribution in [1.29, 1.82) is 5.26 Å². The van der Waals surface area contributed by atoms with Crippen molar-refractivity contribution in [2.24, 2.45) is 10.7 Å². The van der Waals surface area contributed by atoms with Gasteiger partial charge in [0.05, 0.1) is 17.4 Å². The Morgan fingerprint density at radius 2 is 2.19 bits per heavy atom. The van der Waals surface area contributed by atoms with Crippen LogP contribution in [0.15, 0.2) is 29.4 Å². The van der Waals surface area contributed by atoms with Crippen LogP contribution in [-0.4, -0.2) is 33.3 Å². The maximum absolute atomic E-state index is 11.4. The lowest BCUT2D eigenvalue weighted by Gasteiger charge is -2.18. The Morgan fingerprint density at radius 3 is 2.81 bits per heavy atom. The molecule has 0 radical (unpaired) electrons. The van der Waals surface area contributed by atoms with Gasteiger partial charge in [0.25, 0.3) is 5.91 Å². The van der Waals surface area contributed by atoms with Crippen LogP contribution >= 0.6 is 10.5 Å². The third-order valence-corrected chi connectivity index (χ3v) is 5.96. The van der Waals surface area contributed by atoms with Crippen molar-refractivity contribution >= 4 is 37.8 Å². The molecule has 2 heterocycles. The number of amides is 1. The van der Waals surface area contributed by atoms with Crippen LogP contribution in [0.2, 0.25) is 0 Å². The fraction of sp³-hybridized carbons (Fsp3) is 0.316. The number of nitrogens with two attached hydrogens (primary N) is 1. The summed E-state index contributed by atoms with van der Waals surface area (Å²) in [5, 5.41) is 12.6. The average molecular weight is 368 g/mol. The molecule has 0 spiro atoms. The largest absolute Gasteiger partial charge is 0.488 e. The van der Waals surface area contributed by atoms with Gasteiger partial charge in [-0.25, -0.2) is 0 Å². The maximum atomic E-state index is 11.4. The van der Waals surface area contributed by atoms with E-state index in [2.05, 4.69) is 29.9 Å². The summed E-state index contributed by atoms with van der Waals surface area (Å²) in [6, 6.07) is 7.91. The molecule has 2 N–H and O–H groups in total. The highest BCUT2D eigenvalue weighted by Crippen LogP contribution is 2.31. The number of nitriles is 1. The molecule has 2 aromatic rings. The summed E-state index contributed by atoms with van der Waals surface area (Å²) in [5.74, 6) is 0.695. The van der Waals surface area contributed by atoms with Gasteiger partial charge in [-0.3, -0.25) is 9.78 Å². The van der Waals surface area contributed by atoms with Crippen LogP contribution in [0, 0.1) is 11.3 Å². The van der Waals surface area contributed by atoms with Gasteiger partial charge < -0.3 is 10.5 Å². The van der Waals surface area contributed by atoms with Crippen molar-refractivity contribution < 1.29 is 9.53 Å². The molecular formula is C19H20N4O2S. The normalized spacial score (nSPS) is 16.9. The molecule has 1 aliphatic rings. The molecule has 1 aromatic carbocycles. The van der Waals surface area contributed by atoms with Crippen molar-refractivity contribution in [3.05, 3.63) is 35.5 Å². The zero-order valence-electron chi connectivity index (χ0n) is 14.7. The van der Waals surface area contributed by atoms with E-state index in [1.165, 1.54) is 0 Å². The minimum absolute atomic E-state index is 0.0393. The highest BCUT2D eigenvalue weighted by Gasteiger charge is 2.17. The van der Waals surface area contributed by atoms with Gasteiger partial charge in [0.2, 0.25) is 0 Å². The first-order valence-electron chi connectivity index (χ1n) is 8.46. The summed E-state index contributed by atoms with van der Waals surface area (Å²) < 4.78 is 6.13. The summed E-state index contributed by atoms with van der Waals surface area (Å²) in [7, 11) is -0.497. The average Bonchev–Trinajstić information content (AvgIpc) is 2.96. The minimum atomic E-state index is -0.497. The topological polar surface area (TPSA) is 101 Å². The van der Waals surface area contributed by atoms with E-state index < -0.39 is 10.5 Å². The smallest absolute Gasteiger partial charge is 0.258 e. The Balaban J connectivity index is 2.10. The molecule has 1 unspecified atom stereocenters. The number of hydrogen-bond acceptors (Lipinski definition) is 5. The first-order chi connectivity index (χ1) is 12.5. The lowest BCUT2D eigenvalue weighted by atomic mass is 10.1. The Morgan fingerprint density at radius 1 is 1.42 bits per heavy atom. The SMILES string of the molecule is CCC(CC)Oc1c(C#N)cnc2ccc(/C=S3/CC(=O)N=C3N)cc12. The first kappa shape index (κ1) is 18.1. The molecule has 26 heavy (non-hydrogen) atoms. The molecule has 6 nitrogen and oxygen atoms in total. The fourth-order valence-corrected chi connectivity index (χ4v) is 4.15. The molecule has 0 saturated heterocycles. The van der Waals surface area contributed by atoms with Crippen LogP contribution in [0.3, 0.4) is 0 Å². The lowest BCUT2D eigenvalue weighted by Crippen LogP contribution is -2.15. The Labute approximate surface area is 154 Å². The molecule has 1 aliphatic heterocycles. The van der Waals surface area contributed by atoms with Crippen LogP contribution in [0.1, 0.15) is 37.8 Å². The number of hydrogen-bond donors (Lipinski definition) is 1. The lowest BCUT2D eigenvalue weighted by molar-refractivity contribution is -0.115. The van der Waals surface area contributed by atoms with Gasteiger partial charge in [-0.2, -0.15) is 10.3 Å². The second-order valence-electron chi connectivity index (χ2n) is 5.98. The molecular weight excluding hydrogens is 348 g/mol. The number of nitrogens with zero attached hydrogens (tertiary/aromatic N) is 3. The molecule has 0 saturated carbocycles. The van der Waals surface area contributed by atoms with Gasteiger partial charge in [-0.05, 0) is 35.9 Å². The van der Waals surface area contributed by atoms with E-state index >= 15 is 0 Å². The number of rotatable bonds is 5. The number of amidine groups is 1. The standard InChI is InChI=1S/C19H20N4O2S/c1-3-14(4-2)25-18-13(8-20)9-22-16-6-5-12(7-15(16)18)10-26-11-17(24)23-19(26)21/h5-7,9-10,14H,3-4,11H2,1-2H3,(H2,21,23,24). The van der Waals surface area contributed by atoms with E-state index in [0.717, 1.165) is 29.3 Å². The van der Waals surface area contributed by atoms with Gasteiger partial charge >= 0.3 is 0 Å². The highest BCUT2D eigenvalue weighted by molar-refractivity contribution is 8.28. The van der Waals surface area contributed by atoms with Gasteiger partial charge in [-0.1, -0.05) is 19.9 Å². The highest BCUT2D eigenvalue weighted by atomic mass is 32.2. The van der Waals surface area contributed by atoms with Crippen molar-refractivity contribution in [2.75, 3.05) is 5.75 Å². The summed E-state index contributed by atoms with van der Waals surface area (Å²) >= 11 is 0. The van der Waals surface area contributed by atoms with Crippen molar-refractivity contribution in [3.63, 3.8) is 0 Å². The summed E-state index contributed by atoms with van der Waals surface area (Å²) in [6.45, 7) is 4.12. The number of carbonyl (C=O) groups excluding carboxylic acids is 1. The van der Waals surface area contributed by atoms with Gasteiger partial charge in [-0.15, -0.1) is 10.5 Å². The van der Waals surface area contributed by atoms with Crippen LogP contribution in [0.4, 0.5) is 0 Å². The molecule has 3 rings (SSSR count). The van der Waals surface area contributed by atoms with Gasteiger partial charge in [0, 0.05) is 11.6 Å². The molecule has 1 amide bonds. The van der Waals surface area contributed by atoms with Crippen LogP contribution in [0.25, 0.3) is 10.9 Å². The zero-order chi connectivity index (χ0) is 18.7. The van der Waals surface area contributed by atoms with Crippen molar-refractivity contribution in [1.82, 2.24) is 4.98 Å². The number of aliphatic imine (C=N–C) groups is 1. The van der Waals surface area contributed by atoms with Crippen LogP contribution < -0.4 is 10.5 Å². The number of aromatic nitrogens is 1. The molecule has 1 aromatic heterocycles. The first-order valence-corrected chi connectivity index (χ1v) is 9.92. The number of ether oxygens (including phenoxy) is 1. The summed E-state index contributed by atoms with van der Waals surface area (Å²) in [4.78, 5) is 19.6. The van der Waals surface area contributed by atoms with Gasteiger partial charge in [0.15, 0.2) is 5.17 Å². The molecule has 0 fully saturated rings. The van der Waals surface area contributed by atoms with Crippen LogP contribution in [-0.2, 0) is 4.79 Å². The van der Waals surface area contributed by atoms with E-state index in [1.54, 1.807) is 6.20 Å². The monoisotopic (exact) mass is 368 g/mol. The summed E-state index contributed by atoms with van der Waals surface area (Å²) in [5.41, 5.74) is 7.92. The third-order valence-electron chi connectivity index (χ3n) is 4.22. The predicted octanol–water partition coefficient (Wildman–Crippen LogP) is 2.95. The molecule has 7 heteroatoms. The minimum Gasteiger partial charge on any atom is -0.488 e. The van der Waals surface area contributed by atoms with Crippen molar-refractivity contribution in [2.45, 2.75) is 32.8 Å². The molecule has 134 valence electrons. The third kappa shape index (κ3) is 3.60. The Hall–Kier alpha value is -2.72. The molecule has 0 bridgehead atoms. The van der Waals surface area contributed by atoms with Crippen molar-refractivity contribution in [3.8, 4) is 11.8 Å². The molecule has 0 aliphatic carbocycles.